The summed E-state index contributed by atoms with van der Waals surface area (Å²) in [6.07, 6.45) is 3.57. The van der Waals surface area contributed by atoms with Crippen molar-refractivity contribution in [2.45, 2.75) is 32.7 Å². The van der Waals surface area contributed by atoms with Crippen molar-refractivity contribution in [1.29, 1.82) is 5.41 Å². The van der Waals surface area contributed by atoms with Gasteiger partial charge >= 0.3 is 5.97 Å². The molecule has 1 fully saturated rings. The summed E-state index contributed by atoms with van der Waals surface area (Å²) in [4.78, 5) is 25.9. The normalized spacial score (nSPS) is 20.8. The molecule has 2 rings (SSSR count). The van der Waals surface area contributed by atoms with Gasteiger partial charge in [0, 0.05) is 18.8 Å². The van der Waals surface area contributed by atoms with Crippen LogP contribution >= 0.6 is 0 Å². The number of hydrazone groups is 1. The van der Waals surface area contributed by atoms with Crippen LogP contribution in [0, 0.1) is 18.3 Å². The Morgan fingerprint density at radius 2 is 2.17 bits per heavy atom. The van der Waals surface area contributed by atoms with E-state index in [1.165, 1.54) is 6.21 Å². The summed E-state index contributed by atoms with van der Waals surface area (Å²) < 4.78 is 0. The molecule has 3 N–H and O–H groups in total. The fraction of sp³-hybridized carbons (Fsp3) is 0.412. The number of amides is 1. The third kappa shape index (κ3) is 3.98. The van der Waals surface area contributed by atoms with Crippen LogP contribution in [0.15, 0.2) is 23.3 Å². The van der Waals surface area contributed by atoms with Crippen LogP contribution in [-0.2, 0) is 4.79 Å². The van der Waals surface area contributed by atoms with Crippen molar-refractivity contribution < 1.29 is 14.7 Å². The van der Waals surface area contributed by atoms with Crippen molar-refractivity contribution >= 4 is 30.0 Å². The van der Waals surface area contributed by atoms with E-state index in [-0.39, 0.29) is 18.5 Å². The predicted octanol–water partition coefficient (Wildman–Crippen LogP) is 2.37. The third-order valence-corrected chi connectivity index (χ3v) is 4.23. The van der Waals surface area contributed by atoms with Gasteiger partial charge in [0.2, 0.25) is 0 Å². The molecule has 0 saturated carbocycles. The van der Waals surface area contributed by atoms with Gasteiger partial charge in [0.1, 0.15) is 0 Å². The highest BCUT2D eigenvalue weighted by molar-refractivity contribution is 6.14. The monoisotopic (exact) mass is 330 g/mol. The van der Waals surface area contributed by atoms with Gasteiger partial charge in [-0.15, -0.1) is 0 Å². The maximum absolute atomic E-state index is 13.0. The number of piperidine rings is 1. The van der Waals surface area contributed by atoms with Crippen molar-refractivity contribution in [3.8, 4) is 0 Å². The summed E-state index contributed by atoms with van der Waals surface area (Å²) in [6, 6.07) is 5.37. The molecule has 0 unspecified atom stereocenters. The highest BCUT2D eigenvalue weighted by Crippen LogP contribution is 2.27. The van der Waals surface area contributed by atoms with Gasteiger partial charge in [0.15, 0.2) is 0 Å². The first-order valence-electron chi connectivity index (χ1n) is 7.86. The highest BCUT2D eigenvalue weighted by Gasteiger charge is 2.33. The van der Waals surface area contributed by atoms with Crippen molar-refractivity contribution in [3.63, 3.8) is 0 Å². The molecule has 128 valence electrons. The maximum atomic E-state index is 13.0. The van der Waals surface area contributed by atoms with E-state index in [0.29, 0.717) is 24.1 Å². The molecule has 1 aromatic rings. The lowest BCUT2D eigenvalue weighted by molar-refractivity contribution is -0.143. The van der Waals surface area contributed by atoms with Crippen LogP contribution in [0.1, 0.15) is 35.7 Å². The second kappa shape index (κ2) is 7.72. The fourth-order valence-electron chi connectivity index (χ4n) is 2.82. The van der Waals surface area contributed by atoms with Crippen LogP contribution in [0.2, 0.25) is 0 Å². The lowest BCUT2D eigenvalue weighted by Gasteiger charge is -2.36. The molecule has 7 heteroatoms. The van der Waals surface area contributed by atoms with Gasteiger partial charge in [-0.3, -0.25) is 15.0 Å². The maximum Gasteiger partial charge on any atom is 0.308 e. The molecule has 0 spiro atoms. The summed E-state index contributed by atoms with van der Waals surface area (Å²) in [6.45, 7) is 4.04. The second-order valence-corrected chi connectivity index (χ2v) is 6.02. The molecular formula is C17H22N4O3. The summed E-state index contributed by atoms with van der Waals surface area (Å²) in [5, 5.41) is 20.0. The Kier molecular flexibility index (Phi) is 5.68. The predicted molar refractivity (Wildman–Crippen MR) is 92.9 cm³/mol. The number of anilines is 1. The minimum Gasteiger partial charge on any atom is -0.481 e. The van der Waals surface area contributed by atoms with Crippen LogP contribution in [-0.4, -0.2) is 46.9 Å². The molecule has 7 nitrogen and oxygen atoms in total. The summed E-state index contributed by atoms with van der Waals surface area (Å²) >= 11 is 0. The van der Waals surface area contributed by atoms with E-state index in [2.05, 4.69) is 10.5 Å². The summed E-state index contributed by atoms with van der Waals surface area (Å²) in [5.74, 6) is -1.59. The lowest BCUT2D eigenvalue weighted by atomic mass is 9.92. The number of benzene rings is 1. The third-order valence-electron chi connectivity index (χ3n) is 4.23. The van der Waals surface area contributed by atoms with Crippen molar-refractivity contribution in [1.82, 2.24) is 4.90 Å². The Bertz CT molecular complexity index is 672. The van der Waals surface area contributed by atoms with Crippen LogP contribution in [0.4, 0.5) is 5.69 Å². The Labute approximate surface area is 140 Å². The SMILES string of the molecule is Cc1ccc(N/N=C\C=N)c(C(=O)N2C[C@H](C(=O)O)CC[C@H]2C)c1. The number of aryl methyl sites for hydroxylation is 1. The van der Waals surface area contributed by atoms with Crippen LogP contribution in [0.25, 0.3) is 0 Å². The molecular weight excluding hydrogens is 308 g/mol. The molecule has 0 bridgehead atoms. The standard InChI is InChI=1S/C17H22N4O3/c1-11-3-6-15(20-19-8-7-18)14(9-11)16(22)21-10-13(17(23)24)5-4-12(21)2/h3,6-9,12-13,18,20H,4-5,10H2,1-2H3,(H,23,24)/b18-7?,19-8-/t12-,13-/m1/s1. The van der Waals surface area contributed by atoms with E-state index >= 15 is 0 Å². The number of carbonyl (C=O) groups is 2. The van der Waals surface area contributed by atoms with E-state index in [1.807, 2.05) is 19.9 Å². The number of carbonyl (C=O) groups excluding carboxylic acids is 1. The Morgan fingerprint density at radius 1 is 1.42 bits per heavy atom. The summed E-state index contributed by atoms with van der Waals surface area (Å²) in [7, 11) is 0. The number of nitrogens with one attached hydrogen (secondary N) is 2. The van der Waals surface area contributed by atoms with Gasteiger partial charge in [0.25, 0.3) is 5.91 Å². The molecule has 0 aliphatic carbocycles. The van der Waals surface area contributed by atoms with Crippen molar-refractivity contribution in [3.05, 3.63) is 29.3 Å². The fourth-order valence-corrected chi connectivity index (χ4v) is 2.82. The first kappa shape index (κ1) is 17.7. The summed E-state index contributed by atoms with van der Waals surface area (Å²) in [5.41, 5.74) is 4.68. The smallest absolute Gasteiger partial charge is 0.308 e. The van der Waals surface area contributed by atoms with E-state index in [1.54, 1.807) is 17.0 Å². The molecule has 2 atom stereocenters. The molecule has 1 aliphatic heterocycles. The number of hydrogen-bond acceptors (Lipinski definition) is 5. The molecule has 1 aliphatic rings. The van der Waals surface area contributed by atoms with Crippen molar-refractivity contribution in [2.75, 3.05) is 12.0 Å². The molecule has 1 aromatic carbocycles. The van der Waals surface area contributed by atoms with Gasteiger partial charge in [-0.25, -0.2) is 0 Å². The zero-order valence-corrected chi connectivity index (χ0v) is 13.8. The average Bonchev–Trinajstić information content (AvgIpc) is 2.56. The number of carboxylic acid groups (broad SMARTS) is 1. The lowest BCUT2D eigenvalue weighted by Crippen LogP contribution is -2.47. The van der Waals surface area contributed by atoms with Crippen LogP contribution in [0.5, 0.6) is 0 Å². The molecule has 0 radical (unpaired) electrons. The van der Waals surface area contributed by atoms with Gasteiger partial charge in [-0.2, -0.15) is 5.10 Å². The number of likely N-dealkylation sites (tertiary alicyclic amines) is 1. The zero-order valence-electron chi connectivity index (χ0n) is 13.8. The van der Waals surface area contributed by atoms with Crippen molar-refractivity contribution in [2.24, 2.45) is 11.0 Å². The largest absolute Gasteiger partial charge is 0.481 e. The van der Waals surface area contributed by atoms with Gasteiger partial charge < -0.3 is 15.4 Å². The Balaban J connectivity index is 2.29. The molecule has 24 heavy (non-hydrogen) atoms. The zero-order chi connectivity index (χ0) is 17.7. The minimum absolute atomic E-state index is 0.00783. The van der Waals surface area contributed by atoms with Crippen LogP contribution in [0.3, 0.4) is 0 Å². The number of nitrogens with zero attached hydrogens (tertiary/aromatic N) is 2. The van der Waals surface area contributed by atoms with Crippen LogP contribution < -0.4 is 5.43 Å². The van der Waals surface area contributed by atoms with E-state index < -0.39 is 11.9 Å². The minimum atomic E-state index is -0.863. The van der Waals surface area contributed by atoms with E-state index in [0.717, 1.165) is 11.8 Å². The number of carboxylic acids is 1. The topological polar surface area (TPSA) is 106 Å². The Morgan fingerprint density at radius 3 is 2.83 bits per heavy atom. The van der Waals surface area contributed by atoms with Gasteiger partial charge in [-0.05, 0) is 38.8 Å². The first-order chi connectivity index (χ1) is 11.4. The number of rotatable bonds is 5. The molecule has 1 amide bonds. The van der Waals surface area contributed by atoms with E-state index in [9.17, 15) is 14.7 Å². The van der Waals surface area contributed by atoms with Gasteiger partial charge in [-0.1, -0.05) is 11.6 Å². The Hall–Kier alpha value is -2.70. The number of hydrogen-bond donors (Lipinski definition) is 3. The molecule has 0 aromatic heterocycles. The van der Waals surface area contributed by atoms with Gasteiger partial charge in [0.05, 0.1) is 23.4 Å². The molecule has 1 heterocycles. The first-order valence-corrected chi connectivity index (χ1v) is 7.86. The average molecular weight is 330 g/mol. The molecule has 1 saturated heterocycles. The van der Waals surface area contributed by atoms with E-state index in [4.69, 9.17) is 5.41 Å². The quantitative estimate of drug-likeness (QED) is 0.569. The second-order valence-electron chi connectivity index (χ2n) is 6.02. The highest BCUT2D eigenvalue weighted by atomic mass is 16.4. The number of aliphatic carboxylic acids is 1.